The molecule has 3 rings (SSSR count). The van der Waals surface area contributed by atoms with Gasteiger partial charge in [0.2, 0.25) is 0 Å². The first-order chi connectivity index (χ1) is 11.5. The molecular formula is C19H17ClN2O2. The lowest BCUT2D eigenvalue weighted by atomic mass is 10.0. The van der Waals surface area contributed by atoms with E-state index in [1.54, 1.807) is 31.2 Å². The highest BCUT2D eigenvalue weighted by molar-refractivity contribution is 6.30. The Kier molecular flexibility index (Phi) is 4.40. The molecular weight excluding hydrogens is 324 g/mol. The molecule has 0 radical (unpaired) electrons. The van der Waals surface area contributed by atoms with Gasteiger partial charge in [0.25, 0.3) is 11.4 Å². The Hall–Kier alpha value is -2.59. The fourth-order valence-corrected chi connectivity index (χ4v) is 3.02. The first-order valence-corrected chi connectivity index (χ1v) is 8.12. The van der Waals surface area contributed by atoms with Crippen molar-refractivity contribution in [2.24, 2.45) is 0 Å². The molecule has 2 aromatic carbocycles. The molecule has 4 nitrogen and oxygen atoms in total. The van der Waals surface area contributed by atoms with E-state index in [2.05, 4.69) is 0 Å². The van der Waals surface area contributed by atoms with Gasteiger partial charge in [0, 0.05) is 9.93 Å². The summed E-state index contributed by atoms with van der Waals surface area (Å²) in [6.45, 7) is 3.54. The molecule has 0 aliphatic carbocycles. The summed E-state index contributed by atoms with van der Waals surface area (Å²) in [6, 6.07) is 16.2. The largest absolute Gasteiger partial charge is 0.805 e. The van der Waals surface area contributed by atoms with Gasteiger partial charge in [-0.3, -0.25) is 0 Å². The quantitative estimate of drug-likeness (QED) is 0.654. The van der Waals surface area contributed by atoms with E-state index in [1.807, 2.05) is 37.3 Å². The Labute approximate surface area is 145 Å². The Bertz CT molecular complexity index is 932. The predicted octanol–water partition coefficient (Wildman–Crippen LogP) is 4.61. The summed E-state index contributed by atoms with van der Waals surface area (Å²) in [7, 11) is 0. The third kappa shape index (κ3) is 2.69. The van der Waals surface area contributed by atoms with Gasteiger partial charge in [-0.05, 0) is 49.7 Å². The van der Waals surface area contributed by atoms with Crippen molar-refractivity contribution in [3.05, 3.63) is 81.1 Å². The van der Waals surface area contributed by atoms with Crippen LogP contribution in [-0.4, -0.2) is 4.73 Å². The lowest BCUT2D eigenvalue weighted by Crippen LogP contribution is -2.28. The maximum atomic E-state index is 13.1. The molecule has 5 heteroatoms. The minimum atomic E-state index is 0.345. The summed E-state index contributed by atoms with van der Waals surface area (Å²) >= 11 is 5.93. The third-order valence-corrected chi connectivity index (χ3v) is 4.32. The van der Waals surface area contributed by atoms with Crippen molar-refractivity contribution in [3.63, 3.8) is 0 Å². The molecule has 0 fully saturated rings. The lowest BCUT2D eigenvalue weighted by Gasteiger charge is -2.20. The van der Waals surface area contributed by atoms with Crippen LogP contribution in [0.1, 0.15) is 18.3 Å². The number of aromatic nitrogens is 2. The van der Waals surface area contributed by atoms with Gasteiger partial charge in [0.1, 0.15) is 0 Å². The summed E-state index contributed by atoms with van der Waals surface area (Å²) in [4.78, 5) is 13.1. The Morgan fingerprint density at radius 3 is 2.17 bits per heavy atom. The fraction of sp³-hybridized carbons (Fsp3) is 0.158. The average Bonchev–Trinajstić information content (AvgIpc) is 2.60. The molecule has 0 N–H and O–H groups in total. The van der Waals surface area contributed by atoms with Gasteiger partial charge in [0.05, 0.1) is 26.9 Å². The zero-order valence-corrected chi connectivity index (χ0v) is 14.2. The normalized spacial score (nSPS) is 10.8. The van der Waals surface area contributed by atoms with E-state index in [9.17, 15) is 10.1 Å². The van der Waals surface area contributed by atoms with Gasteiger partial charge in [-0.15, -0.1) is 0 Å². The molecule has 0 spiro atoms. The van der Waals surface area contributed by atoms with Gasteiger partial charge >= 0.3 is 0 Å². The number of rotatable bonds is 3. The molecule has 0 bridgehead atoms. The molecule has 0 aliphatic heterocycles. The highest BCUT2D eigenvalue weighted by atomic mass is 35.5. The minimum Gasteiger partial charge on any atom is -0.805 e. The van der Waals surface area contributed by atoms with E-state index in [0.717, 1.165) is 14.7 Å². The van der Waals surface area contributed by atoms with E-state index in [-0.39, 0.29) is 0 Å². The summed E-state index contributed by atoms with van der Waals surface area (Å²) in [5.41, 5.74) is 2.97. The monoisotopic (exact) mass is 340 g/mol. The molecule has 122 valence electrons. The lowest BCUT2D eigenvalue weighted by molar-refractivity contribution is -0.471. The van der Waals surface area contributed by atoms with E-state index in [4.69, 9.17) is 11.6 Å². The van der Waals surface area contributed by atoms with Gasteiger partial charge in [-0.1, -0.05) is 36.7 Å². The Morgan fingerprint density at radius 2 is 1.58 bits per heavy atom. The topological polar surface area (TPSA) is 51.0 Å². The second kappa shape index (κ2) is 6.49. The Morgan fingerprint density at radius 1 is 1.00 bits per heavy atom. The second-order valence-electron chi connectivity index (χ2n) is 5.54. The zero-order valence-electron chi connectivity index (χ0n) is 13.5. The van der Waals surface area contributed by atoms with Crippen LogP contribution < -0.4 is 4.43 Å². The Balaban J connectivity index is 2.38. The van der Waals surface area contributed by atoms with Crippen LogP contribution in [0.2, 0.25) is 5.02 Å². The van der Waals surface area contributed by atoms with Gasteiger partial charge in [0.15, 0.2) is 0 Å². The minimum absolute atomic E-state index is 0.345. The highest BCUT2D eigenvalue weighted by Gasteiger charge is 2.27. The molecule has 0 atom stereocenters. The first kappa shape index (κ1) is 16.3. The molecule has 1 aromatic heterocycles. The molecule has 0 saturated carbocycles. The van der Waals surface area contributed by atoms with Crippen LogP contribution in [-0.2, 0) is 6.42 Å². The van der Waals surface area contributed by atoms with Crippen LogP contribution >= 0.6 is 11.6 Å². The van der Waals surface area contributed by atoms with Gasteiger partial charge < -0.3 is 9.94 Å². The van der Waals surface area contributed by atoms with E-state index < -0.39 is 0 Å². The SMILES string of the molecule is CCc1c(-c2ccccc2)[n+](=O)c(-c2ccc(Cl)cc2)c(C)n1[O-]. The average molecular weight is 341 g/mol. The molecule has 0 amide bonds. The smallest absolute Gasteiger partial charge is 0.289 e. The molecule has 0 aliphatic rings. The second-order valence-corrected chi connectivity index (χ2v) is 5.98. The van der Waals surface area contributed by atoms with Crippen molar-refractivity contribution in [1.29, 1.82) is 0 Å². The van der Waals surface area contributed by atoms with Crippen molar-refractivity contribution in [3.8, 4) is 22.5 Å². The number of halogens is 1. The van der Waals surface area contributed by atoms with Gasteiger partial charge in [-0.2, -0.15) is 0 Å². The van der Waals surface area contributed by atoms with Crippen LogP contribution in [0.4, 0.5) is 0 Å². The van der Waals surface area contributed by atoms with Crippen molar-refractivity contribution in [2.45, 2.75) is 20.3 Å². The summed E-state index contributed by atoms with van der Waals surface area (Å²) in [5, 5.41) is 13.3. The zero-order chi connectivity index (χ0) is 17.3. The fourth-order valence-electron chi connectivity index (χ4n) is 2.90. The summed E-state index contributed by atoms with van der Waals surface area (Å²) in [6.07, 6.45) is 0.470. The van der Waals surface area contributed by atoms with Gasteiger partial charge in [-0.25, -0.2) is 0 Å². The van der Waals surface area contributed by atoms with Crippen molar-refractivity contribution in [2.75, 3.05) is 0 Å². The van der Waals surface area contributed by atoms with E-state index in [1.165, 1.54) is 0 Å². The molecule has 24 heavy (non-hydrogen) atoms. The summed E-state index contributed by atoms with van der Waals surface area (Å²) < 4.78 is 1.72. The third-order valence-electron chi connectivity index (χ3n) is 4.07. The van der Waals surface area contributed by atoms with Crippen LogP contribution in [0.5, 0.6) is 0 Å². The molecule has 3 aromatic rings. The maximum Gasteiger partial charge on any atom is 0.289 e. The highest BCUT2D eigenvalue weighted by Crippen LogP contribution is 2.27. The van der Waals surface area contributed by atoms with E-state index in [0.29, 0.717) is 39.8 Å². The molecule has 0 saturated heterocycles. The predicted molar refractivity (Wildman–Crippen MR) is 96.6 cm³/mol. The van der Waals surface area contributed by atoms with Crippen molar-refractivity contribution in [1.82, 2.24) is 4.73 Å². The van der Waals surface area contributed by atoms with E-state index >= 15 is 0 Å². The number of nitrogens with zero attached hydrogens (tertiary/aromatic N) is 2. The summed E-state index contributed by atoms with van der Waals surface area (Å²) in [5.74, 6) is 0. The maximum absolute atomic E-state index is 13.1. The molecule has 0 unspecified atom stereocenters. The number of benzene rings is 2. The van der Waals surface area contributed by atoms with Crippen LogP contribution in [0.3, 0.4) is 0 Å². The molecule has 1 heterocycles. The standard InChI is InChI=1S/C19H17ClN2O2/c1-3-17-19(14-7-5-4-6-8-14)22(24)18(13(2)21(17)23)15-9-11-16(20)12-10-15/h4-12H,3H2,1-2H3. The van der Waals surface area contributed by atoms with Crippen LogP contribution in [0.25, 0.3) is 22.5 Å². The number of hydrogen-bond acceptors (Lipinski definition) is 2. The van der Waals surface area contributed by atoms with Crippen LogP contribution in [0, 0.1) is 17.0 Å². The van der Waals surface area contributed by atoms with Crippen molar-refractivity contribution < 1.29 is 4.43 Å². The van der Waals surface area contributed by atoms with Crippen LogP contribution in [0.15, 0.2) is 54.6 Å². The number of hydrogen-bond donors (Lipinski definition) is 0. The first-order valence-electron chi connectivity index (χ1n) is 7.74. The van der Waals surface area contributed by atoms with Crippen molar-refractivity contribution >= 4 is 11.6 Å².